The lowest BCUT2D eigenvalue weighted by Crippen LogP contribution is -2.00. The van der Waals surface area contributed by atoms with E-state index in [4.69, 9.17) is 0 Å². The Morgan fingerprint density at radius 3 is 2.50 bits per heavy atom. The van der Waals surface area contributed by atoms with Crippen molar-refractivity contribution in [2.45, 2.75) is 34.2 Å². The predicted octanol–water partition coefficient (Wildman–Crippen LogP) is 2.46. The first-order valence-corrected chi connectivity index (χ1v) is 6.70. The molecule has 0 aliphatic heterocycles. The molecule has 5 nitrogen and oxygen atoms in total. The fourth-order valence-electron chi connectivity index (χ4n) is 2.32. The summed E-state index contributed by atoms with van der Waals surface area (Å²) in [6.07, 6.45) is 5.20. The number of rotatable bonds is 4. The molecular formula is C15H20N4O. The number of carbonyl (C=O) groups is 1. The highest BCUT2D eigenvalue weighted by molar-refractivity contribution is 6.08. The van der Waals surface area contributed by atoms with E-state index in [0.717, 1.165) is 29.2 Å². The molecular weight excluding hydrogens is 252 g/mol. The van der Waals surface area contributed by atoms with Crippen LogP contribution in [0.3, 0.4) is 0 Å². The van der Waals surface area contributed by atoms with Crippen molar-refractivity contribution < 1.29 is 4.79 Å². The van der Waals surface area contributed by atoms with Gasteiger partial charge in [-0.2, -0.15) is 10.2 Å². The minimum absolute atomic E-state index is 0.0169. The molecule has 20 heavy (non-hydrogen) atoms. The lowest BCUT2D eigenvalue weighted by atomic mass is 10.1. The average Bonchev–Trinajstić information content (AvgIpc) is 2.88. The highest BCUT2D eigenvalue weighted by Gasteiger charge is 2.15. The van der Waals surface area contributed by atoms with Crippen molar-refractivity contribution in [3.05, 3.63) is 40.5 Å². The van der Waals surface area contributed by atoms with Gasteiger partial charge in [-0.3, -0.25) is 14.2 Å². The third-order valence-corrected chi connectivity index (χ3v) is 3.61. The van der Waals surface area contributed by atoms with Gasteiger partial charge in [-0.25, -0.2) is 0 Å². The smallest absolute Gasteiger partial charge is 0.189 e. The van der Waals surface area contributed by atoms with Crippen LogP contribution in [0, 0.1) is 20.8 Å². The Morgan fingerprint density at radius 1 is 1.30 bits per heavy atom. The van der Waals surface area contributed by atoms with Gasteiger partial charge in [-0.15, -0.1) is 0 Å². The SMILES string of the molecule is CCn1ncc(/C=C/C(=O)c2c(C)nn(C)c2C)c1C. The molecule has 106 valence electrons. The Morgan fingerprint density at radius 2 is 2.00 bits per heavy atom. The van der Waals surface area contributed by atoms with E-state index in [1.807, 2.05) is 45.5 Å². The van der Waals surface area contributed by atoms with E-state index < -0.39 is 0 Å². The van der Waals surface area contributed by atoms with Crippen molar-refractivity contribution in [1.82, 2.24) is 19.6 Å². The van der Waals surface area contributed by atoms with Gasteiger partial charge in [0.1, 0.15) is 0 Å². The first-order chi connectivity index (χ1) is 9.45. The van der Waals surface area contributed by atoms with Gasteiger partial charge in [0.05, 0.1) is 17.5 Å². The third-order valence-electron chi connectivity index (χ3n) is 3.61. The minimum Gasteiger partial charge on any atom is -0.289 e. The van der Waals surface area contributed by atoms with Crippen LogP contribution in [-0.4, -0.2) is 25.3 Å². The fraction of sp³-hybridized carbons (Fsp3) is 0.400. The number of hydrogen-bond donors (Lipinski definition) is 0. The zero-order valence-corrected chi connectivity index (χ0v) is 12.6. The van der Waals surface area contributed by atoms with E-state index in [1.54, 1.807) is 17.0 Å². The summed E-state index contributed by atoms with van der Waals surface area (Å²) in [6, 6.07) is 0. The number of nitrogens with zero attached hydrogens (tertiary/aromatic N) is 4. The Hall–Kier alpha value is -2.17. The summed E-state index contributed by atoms with van der Waals surface area (Å²) in [5.41, 5.74) is 4.37. The zero-order chi connectivity index (χ0) is 14.9. The lowest BCUT2D eigenvalue weighted by molar-refractivity contribution is 0.104. The largest absolute Gasteiger partial charge is 0.289 e. The van der Waals surface area contributed by atoms with Crippen LogP contribution in [0.1, 0.15) is 39.9 Å². The number of ketones is 1. The summed E-state index contributed by atoms with van der Waals surface area (Å²) in [4.78, 5) is 12.3. The summed E-state index contributed by atoms with van der Waals surface area (Å²) in [7, 11) is 1.85. The monoisotopic (exact) mass is 272 g/mol. The average molecular weight is 272 g/mol. The van der Waals surface area contributed by atoms with Crippen molar-refractivity contribution in [3.63, 3.8) is 0 Å². The van der Waals surface area contributed by atoms with E-state index in [1.165, 1.54) is 0 Å². The topological polar surface area (TPSA) is 52.7 Å². The molecule has 0 saturated carbocycles. The first-order valence-electron chi connectivity index (χ1n) is 6.70. The van der Waals surface area contributed by atoms with Crippen LogP contribution >= 0.6 is 0 Å². The van der Waals surface area contributed by atoms with Crippen LogP contribution in [0.25, 0.3) is 6.08 Å². The molecule has 5 heteroatoms. The summed E-state index contributed by atoms with van der Waals surface area (Å²) in [5.74, 6) is -0.0169. The van der Waals surface area contributed by atoms with Crippen molar-refractivity contribution in [2.24, 2.45) is 7.05 Å². The quantitative estimate of drug-likeness (QED) is 0.634. The fourth-order valence-corrected chi connectivity index (χ4v) is 2.32. The first kappa shape index (κ1) is 14.2. The van der Waals surface area contributed by atoms with Gasteiger partial charge in [0, 0.05) is 30.5 Å². The van der Waals surface area contributed by atoms with Gasteiger partial charge in [-0.05, 0) is 39.8 Å². The van der Waals surface area contributed by atoms with E-state index in [2.05, 4.69) is 10.2 Å². The van der Waals surface area contributed by atoms with Crippen molar-refractivity contribution in [3.8, 4) is 0 Å². The lowest BCUT2D eigenvalue weighted by Gasteiger charge is -1.99. The molecule has 0 aromatic carbocycles. The van der Waals surface area contributed by atoms with Gasteiger partial charge in [0.25, 0.3) is 0 Å². The summed E-state index contributed by atoms with van der Waals surface area (Å²) >= 11 is 0. The molecule has 2 aromatic rings. The Labute approximate surface area is 118 Å². The summed E-state index contributed by atoms with van der Waals surface area (Å²) in [5, 5.41) is 8.53. The minimum atomic E-state index is -0.0169. The van der Waals surface area contributed by atoms with Crippen LogP contribution < -0.4 is 0 Å². The molecule has 0 atom stereocenters. The number of allylic oxidation sites excluding steroid dienone is 1. The molecule has 0 radical (unpaired) electrons. The molecule has 0 bridgehead atoms. The maximum atomic E-state index is 12.3. The molecule has 0 aliphatic rings. The second-order valence-electron chi connectivity index (χ2n) is 4.87. The summed E-state index contributed by atoms with van der Waals surface area (Å²) in [6.45, 7) is 8.63. The third kappa shape index (κ3) is 2.43. The van der Waals surface area contributed by atoms with E-state index in [0.29, 0.717) is 5.56 Å². The highest BCUT2D eigenvalue weighted by Crippen LogP contribution is 2.15. The number of carbonyl (C=O) groups excluding carboxylic acids is 1. The van der Waals surface area contributed by atoms with Crippen molar-refractivity contribution in [1.29, 1.82) is 0 Å². The number of aryl methyl sites for hydroxylation is 3. The van der Waals surface area contributed by atoms with Crippen molar-refractivity contribution in [2.75, 3.05) is 0 Å². The molecule has 0 unspecified atom stereocenters. The van der Waals surface area contributed by atoms with Crippen LogP contribution in [0.15, 0.2) is 12.3 Å². The van der Waals surface area contributed by atoms with Gasteiger partial charge >= 0.3 is 0 Å². The van der Waals surface area contributed by atoms with E-state index in [9.17, 15) is 4.79 Å². The Bertz CT molecular complexity index is 676. The van der Waals surface area contributed by atoms with E-state index >= 15 is 0 Å². The molecule has 0 amide bonds. The standard InChI is InChI=1S/C15H20N4O/c1-6-19-11(3)13(9-16-19)7-8-14(20)15-10(2)17-18(5)12(15)4/h7-9H,6H2,1-5H3/b8-7+. The number of aromatic nitrogens is 4. The maximum absolute atomic E-state index is 12.3. The van der Waals surface area contributed by atoms with Gasteiger partial charge < -0.3 is 0 Å². The molecule has 0 spiro atoms. The summed E-state index contributed by atoms with van der Waals surface area (Å²) < 4.78 is 3.64. The second kappa shape index (κ2) is 5.45. The molecule has 0 fully saturated rings. The van der Waals surface area contributed by atoms with Crippen LogP contribution in [0.5, 0.6) is 0 Å². The predicted molar refractivity (Wildman–Crippen MR) is 78.7 cm³/mol. The van der Waals surface area contributed by atoms with Crippen LogP contribution in [-0.2, 0) is 13.6 Å². The normalized spacial score (nSPS) is 11.4. The zero-order valence-electron chi connectivity index (χ0n) is 12.6. The van der Waals surface area contributed by atoms with Crippen molar-refractivity contribution >= 4 is 11.9 Å². The number of hydrogen-bond acceptors (Lipinski definition) is 3. The van der Waals surface area contributed by atoms with Crippen LogP contribution in [0.2, 0.25) is 0 Å². The maximum Gasteiger partial charge on any atom is 0.189 e. The molecule has 0 aliphatic carbocycles. The molecule has 2 rings (SSSR count). The Balaban J connectivity index is 2.27. The van der Waals surface area contributed by atoms with Gasteiger partial charge in [0.15, 0.2) is 5.78 Å². The molecule has 0 saturated heterocycles. The molecule has 0 N–H and O–H groups in total. The molecule has 2 aromatic heterocycles. The highest BCUT2D eigenvalue weighted by atomic mass is 16.1. The van der Waals surface area contributed by atoms with Gasteiger partial charge in [0.2, 0.25) is 0 Å². The van der Waals surface area contributed by atoms with Crippen LogP contribution in [0.4, 0.5) is 0 Å². The second-order valence-corrected chi connectivity index (χ2v) is 4.87. The Kier molecular flexibility index (Phi) is 3.88. The van der Waals surface area contributed by atoms with Gasteiger partial charge in [-0.1, -0.05) is 0 Å². The molecule has 2 heterocycles. The van der Waals surface area contributed by atoms with E-state index in [-0.39, 0.29) is 5.78 Å².